The number of cyclic esters (lactones) is 1. The van der Waals surface area contributed by atoms with Crippen LogP contribution in [-0.4, -0.2) is 53.4 Å². The Morgan fingerprint density at radius 1 is 1.30 bits per heavy atom. The van der Waals surface area contributed by atoms with Crippen LogP contribution in [0, 0.1) is 17.8 Å². The lowest BCUT2D eigenvalue weighted by Gasteiger charge is -2.38. The molecule has 0 aliphatic carbocycles. The molecule has 0 aromatic carbocycles. The van der Waals surface area contributed by atoms with Crippen LogP contribution in [0.1, 0.15) is 67.2 Å². The molecule has 5 nitrogen and oxygen atoms in total. The molecule has 0 radical (unpaired) electrons. The van der Waals surface area contributed by atoms with Crippen LogP contribution in [0.3, 0.4) is 0 Å². The van der Waals surface area contributed by atoms with E-state index >= 15 is 0 Å². The van der Waals surface area contributed by atoms with Gasteiger partial charge in [-0.2, -0.15) is 0 Å². The molecule has 0 N–H and O–H groups in total. The lowest BCUT2D eigenvalue weighted by atomic mass is 9.87. The molecule has 0 bridgehead atoms. The number of methoxy groups -OCH3 is 2. The number of carbonyl (C=O) groups excluding carboxylic acids is 1. The van der Waals surface area contributed by atoms with E-state index in [1.807, 2.05) is 13.0 Å². The van der Waals surface area contributed by atoms with E-state index in [2.05, 4.69) is 60.4 Å². The standard InChI is InChI=1S/C27H50O5Si/c1-12-13-22(18-31-33(10,11)27(5,6)7)15-19(2)14-20(3)16-23(29-8)25-24(30-9)17-21(4)26(28)32-25/h12,15,20-25H,1,13-14,16-18H2,2-11H3/b19-15+/t20-,21+,22+,23-,24-,25+/m0/s1. The van der Waals surface area contributed by atoms with E-state index in [0.717, 1.165) is 25.9 Å². The normalized spacial score (nSPS) is 25.3. The Kier molecular flexibility index (Phi) is 12.0. The van der Waals surface area contributed by atoms with Crippen LogP contribution in [0.15, 0.2) is 24.3 Å². The van der Waals surface area contributed by atoms with Gasteiger partial charge in [0.1, 0.15) is 0 Å². The summed E-state index contributed by atoms with van der Waals surface area (Å²) in [6.07, 6.45) is 7.02. The fourth-order valence-electron chi connectivity index (χ4n) is 4.25. The molecule has 0 unspecified atom stereocenters. The molecule has 1 rings (SSSR count). The Morgan fingerprint density at radius 3 is 2.45 bits per heavy atom. The molecule has 33 heavy (non-hydrogen) atoms. The summed E-state index contributed by atoms with van der Waals surface area (Å²) < 4.78 is 23.6. The summed E-state index contributed by atoms with van der Waals surface area (Å²) >= 11 is 0. The molecule has 0 saturated carbocycles. The maximum absolute atomic E-state index is 12.2. The number of allylic oxidation sites excluding steroid dienone is 2. The smallest absolute Gasteiger partial charge is 0.309 e. The average molecular weight is 483 g/mol. The predicted molar refractivity (Wildman–Crippen MR) is 139 cm³/mol. The summed E-state index contributed by atoms with van der Waals surface area (Å²) in [6.45, 7) is 22.4. The molecule has 192 valence electrons. The highest BCUT2D eigenvalue weighted by Gasteiger charge is 2.41. The van der Waals surface area contributed by atoms with Crippen molar-refractivity contribution < 1.29 is 23.4 Å². The first-order valence-corrected chi connectivity index (χ1v) is 15.3. The lowest BCUT2D eigenvalue weighted by Crippen LogP contribution is -2.49. The van der Waals surface area contributed by atoms with Crippen molar-refractivity contribution in [2.45, 2.75) is 104 Å². The highest BCUT2D eigenvalue weighted by Crippen LogP contribution is 2.37. The second kappa shape index (κ2) is 13.2. The summed E-state index contributed by atoms with van der Waals surface area (Å²) in [5.41, 5.74) is 1.35. The van der Waals surface area contributed by atoms with E-state index < -0.39 is 8.32 Å². The highest BCUT2D eigenvalue weighted by molar-refractivity contribution is 6.74. The van der Waals surface area contributed by atoms with Crippen molar-refractivity contribution in [1.82, 2.24) is 0 Å². The summed E-state index contributed by atoms with van der Waals surface area (Å²) in [5, 5.41) is 0.203. The van der Waals surface area contributed by atoms with Crippen LogP contribution in [0.2, 0.25) is 18.1 Å². The van der Waals surface area contributed by atoms with Gasteiger partial charge in [0.05, 0.1) is 18.1 Å². The highest BCUT2D eigenvalue weighted by atomic mass is 28.4. The number of rotatable bonds is 13. The van der Waals surface area contributed by atoms with Gasteiger partial charge in [-0.3, -0.25) is 4.79 Å². The first kappa shape index (κ1) is 30.1. The maximum atomic E-state index is 12.2. The van der Waals surface area contributed by atoms with E-state index in [-0.39, 0.29) is 35.2 Å². The Hall–Kier alpha value is -0.953. The fourth-order valence-corrected chi connectivity index (χ4v) is 5.31. The molecule has 0 aromatic heterocycles. The van der Waals surface area contributed by atoms with Gasteiger partial charge in [0.25, 0.3) is 0 Å². The van der Waals surface area contributed by atoms with E-state index in [1.54, 1.807) is 14.2 Å². The first-order chi connectivity index (χ1) is 15.2. The average Bonchev–Trinajstić information content (AvgIpc) is 2.71. The zero-order valence-electron chi connectivity index (χ0n) is 22.9. The largest absolute Gasteiger partial charge is 0.457 e. The minimum atomic E-state index is -1.78. The molecule has 6 atom stereocenters. The first-order valence-electron chi connectivity index (χ1n) is 12.4. The number of hydrogen-bond donors (Lipinski definition) is 0. The Morgan fingerprint density at radius 2 is 1.94 bits per heavy atom. The van der Waals surface area contributed by atoms with E-state index in [9.17, 15) is 4.79 Å². The monoisotopic (exact) mass is 482 g/mol. The lowest BCUT2D eigenvalue weighted by molar-refractivity contribution is -0.189. The quantitative estimate of drug-likeness (QED) is 0.169. The molecule has 0 aromatic rings. The summed E-state index contributed by atoms with van der Waals surface area (Å²) in [4.78, 5) is 12.2. The van der Waals surface area contributed by atoms with Crippen LogP contribution in [0.5, 0.6) is 0 Å². The molecule has 1 fully saturated rings. The molecular formula is C27H50O5Si. The van der Waals surface area contributed by atoms with Gasteiger partial charge in [-0.05, 0) is 56.7 Å². The summed E-state index contributed by atoms with van der Waals surface area (Å²) in [6, 6.07) is 0. The molecule has 1 heterocycles. The number of ether oxygens (including phenoxy) is 3. The Bertz CT molecular complexity index is 651. The van der Waals surface area contributed by atoms with Gasteiger partial charge in [-0.1, -0.05) is 52.3 Å². The van der Waals surface area contributed by atoms with Gasteiger partial charge >= 0.3 is 5.97 Å². The molecule has 1 aliphatic heterocycles. The number of esters is 1. The van der Waals surface area contributed by atoms with E-state index in [4.69, 9.17) is 18.6 Å². The van der Waals surface area contributed by atoms with Crippen LogP contribution in [0.25, 0.3) is 0 Å². The van der Waals surface area contributed by atoms with Crippen molar-refractivity contribution >= 4 is 14.3 Å². The van der Waals surface area contributed by atoms with Crippen LogP contribution in [0.4, 0.5) is 0 Å². The van der Waals surface area contributed by atoms with Gasteiger partial charge in [0, 0.05) is 26.7 Å². The maximum Gasteiger partial charge on any atom is 0.309 e. The van der Waals surface area contributed by atoms with Crippen LogP contribution in [-0.2, 0) is 23.4 Å². The van der Waals surface area contributed by atoms with Gasteiger partial charge < -0.3 is 18.6 Å². The van der Waals surface area contributed by atoms with Crippen molar-refractivity contribution in [3.63, 3.8) is 0 Å². The van der Waals surface area contributed by atoms with Crippen LogP contribution < -0.4 is 0 Å². The Labute approximate surface area is 204 Å². The Balaban J connectivity index is 2.77. The molecule has 0 spiro atoms. The van der Waals surface area contributed by atoms with Crippen molar-refractivity contribution in [3.8, 4) is 0 Å². The van der Waals surface area contributed by atoms with Crippen LogP contribution >= 0.6 is 0 Å². The second-order valence-corrected chi connectivity index (χ2v) is 16.3. The van der Waals surface area contributed by atoms with E-state index in [0.29, 0.717) is 18.3 Å². The van der Waals surface area contributed by atoms with E-state index in [1.165, 1.54) is 5.57 Å². The van der Waals surface area contributed by atoms with Gasteiger partial charge in [-0.25, -0.2) is 0 Å². The third-order valence-electron chi connectivity index (χ3n) is 7.34. The zero-order chi connectivity index (χ0) is 25.4. The third kappa shape index (κ3) is 9.31. The number of carbonyl (C=O) groups is 1. The van der Waals surface area contributed by atoms with Gasteiger partial charge in [0.15, 0.2) is 14.4 Å². The van der Waals surface area contributed by atoms with Crippen molar-refractivity contribution in [2.75, 3.05) is 20.8 Å². The second-order valence-electron chi connectivity index (χ2n) is 11.5. The van der Waals surface area contributed by atoms with Crippen molar-refractivity contribution in [1.29, 1.82) is 0 Å². The topological polar surface area (TPSA) is 54.0 Å². The molecule has 1 aliphatic rings. The predicted octanol–water partition coefficient (Wildman–Crippen LogP) is 6.54. The summed E-state index contributed by atoms with van der Waals surface area (Å²) in [7, 11) is 1.59. The van der Waals surface area contributed by atoms with Gasteiger partial charge in [-0.15, -0.1) is 6.58 Å². The molecule has 0 amide bonds. The third-order valence-corrected chi connectivity index (χ3v) is 11.8. The fraction of sp³-hybridized carbons (Fsp3) is 0.815. The molecular weight excluding hydrogens is 432 g/mol. The minimum absolute atomic E-state index is 0.129. The summed E-state index contributed by atoms with van der Waals surface area (Å²) in [5.74, 6) is 0.419. The van der Waals surface area contributed by atoms with Gasteiger partial charge in [0.2, 0.25) is 0 Å². The van der Waals surface area contributed by atoms with Crippen molar-refractivity contribution in [3.05, 3.63) is 24.3 Å². The number of hydrogen-bond acceptors (Lipinski definition) is 5. The molecule has 1 saturated heterocycles. The molecule has 6 heteroatoms. The zero-order valence-corrected chi connectivity index (χ0v) is 23.9. The minimum Gasteiger partial charge on any atom is -0.457 e. The van der Waals surface area contributed by atoms with Crippen molar-refractivity contribution in [2.24, 2.45) is 17.8 Å². The SMILES string of the molecule is C=CC[C@H](/C=C(\C)C[C@H](C)C[C@H](OC)[C@H]1OC(=O)[C@H](C)C[C@@H]1OC)CO[Si](C)(C)C(C)(C)C.